The molecule has 2 aromatic carbocycles. The van der Waals surface area contributed by atoms with Gasteiger partial charge in [0, 0.05) is 17.1 Å². The summed E-state index contributed by atoms with van der Waals surface area (Å²) < 4.78 is 0. The molecule has 0 atom stereocenters. The molecule has 104 valence electrons. The molecule has 0 bridgehead atoms. The van der Waals surface area contributed by atoms with Crippen molar-refractivity contribution in [3.05, 3.63) is 70.8 Å². The van der Waals surface area contributed by atoms with Crippen molar-refractivity contribution in [2.45, 2.75) is 18.4 Å². The standard InChI is InChI=1S/C16H18N2OS/c1-12-4-2-3-5-15(12)11-20-10-13-6-8-14(9-7-13)16(17)18-19/h2-9,19H,10-11H2,1H3,(H2,17,18). The van der Waals surface area contributed by atoms with E-state index >= 15 is 0 Å². The molecule has 0 radical (unpaired) electrons. The Morgan fingerprint density at radius 3 is 2.45 bits per heavy atom. The van der Waals surface area contributed by atoms with Crippen LogP contribution in [0.5, 0.6) is 0 Å². The molecule has 0 saturated carbocycles. The van der Waals surface area contributed by atoms with Crippen molar-refractivity contribution in [2.75, 3.05) is 0 Å². The van der Waals surface area contributed by atoms with Crippen LogP contribution in [0.4, 0.5) is 0 Å². The van der Waals surface area contributed by atoms with E-state index in [1.807, 2.05) is 36.0 Å². The molecule has 2 aromatic rings. The Morgan fingerprint density at radius 1 is 1.10 bits per heavy atom. The van der Waals surface area contributed by atoms with Crippen molar-refractivity contribution >= 4 is 17.6 Å². The van der Waals surface area contributed by atoms with Gasteiger partial charge in [0.1, 0.15) is 0 Å². The van der Waals surface area contributed by atoms with Crippen molar-refractivity contribution in [1.82, 2.24) is 0 Å². The van der Waals surface area contributed by atoms with E-state index in [1.165, 1.54) is 16.7 Å². The lowest BCUT2D eigenvalue weighted by molar-refractivity contribution is 0.318. The number of aryl methyl sites for hydroxylation is 1. The second-order valence-electron chi connectivity index (χ2n) is 4.60. The van der Waals surface area contributed by atoms with Gasteiger partial charge in [-0.15, -0.1) is 0 Å². The number of benzene rings is 2. The van der Waals surface area contributed by atoms with Gasteiger partial charge in [-0.1, -0.05) is 53.7 Å². The molecule has 0 spiro atoms. The molecule has 2 rings (SSSR count). The van der Waals surface area contributed by atoms with E-state index < -0.39 is 0 Å². The van der Waals surface area contributed by atoms with E-state index in [1.54, 1.807) is 0 Å². The zero-order valence-electron chi connectivity index (χ0n) is 11.4. The van der Waals surface area contributed by atoms with Crippen LogP contribution in [0.25, 0.3) is 0 Å². The Labute approximate surface area is 123 Å². The van der Waals surface area contributed by atoms with E-state index in [0.29, 0.717) is 0 Å². The summed E-state index contributed by atoms with van der Waals surface area (Å²) in [4.78, 5) is 0. The predicted molar refractivity (Wildman–Crippen MR) is 85.1 cm³/mol. The molecule has 0 saturated heterocycles. The zero-order chi connectivity index (χ0) is 14.4. The summed E-state index contributed by atoms with van der Waals surface area (Å²) in [6, 6.07) is 16.2. The summed E-state index contributed by atoms with van der Waals surface area (Å²) in [5.41, 5.74) is 10.2. The molecule has 0 aliphatic rings. The number of nitrogens with two attached hydrogens (primary N) is 1. The highest BCUT2D eigenvalue weighted by Crippen LogP contribution is 2.20. The van der Waals surface area contributed by atoms with E-state index in [0.717, 1.165) is 17.1 Å². The molecular formula is C16H18N2OS. The summed E-state index contributed by atoms with van der Waals surface area (Å²) in [5.74, 6) is 2.10. The highest BCUT2D eigenvalue weighted by molar-refractivity contribution is 7.97. The fourth-order valence-electron chi connectivity index (χ4n) is 1.88. The SMILES string of the molecule is Cc1ccccc1CSCc1ccc(C(N)=NO)cc1. The minimum absolute atomic E-state index is 0.143. The first-order valence-corrected chi connectivity index (χ1v) is 7.55. The van der Waals surface area contributed by atoms with E-state index in [-0.39, 0.29) is 5.84 Å². The Kier molecular flexibility index (Phi) is 5.07. The first-order valence-electron chi connectivity index (χ1n) is 6.40. The van der Waals surface area contributed by atoms with E-state index in [2.05, 4.69) is 36.3 Å². The van der Waals surface area contributed by atoms with Crippen LogP contribution in [-0.4, -0.2) is 11.0 Å². The summed E-state index contributed by atoms with van der Waals surface area (Å²) >= 11 is 1.88. The van der Waals surface area contributed by atoms with Crippen LogP contribution in [-0.2, 0) is 11.5 Å². The third-order valence-electron chi connectivity index (χ3n) is 3.14. The number of nitrogens with zero attached hydrogens (tertiary/aromatic N) is 1. The van der Waals surface area contributed by atoms with Crippen molar-refractivity contribution < 1.29 is 5.21 Å². The maximum atomic E-state index is 8.61. The number of oxime groups is 1. The Bertz CT molecular complexity index is 594. The van der Waals surface area contributed by atoms with Gasteiger partial charge in [0.05, 0.1) is 0 Å². The van der Waals surface area contributed by atoms with Gasteiger partial charge in [0.25, 0.3) is 0 Å². The summed E-state index contributed by atoms with van der Waals surface area (Å²) in [7, 11) is 0. The molecule has 0 aliphatic heterocycles. The second-order valence-corrected chi connectivity index (χ2v) is 5.59. The van der Waals surface area contributed by atoms with Crippen molar-refractivity contribution in [3.63, 3.8) is 0 Å². The smallest absolute Gasteiger partial charge is 0.170 e. The molecule has 0 amide bonds. The molecule has 0 aliphatic carbocycles. The predicted octanol–water partition coefficient (Wildman–Crippen LogP) is 3.52. The number of hydrogen-bond donors (Lipinski definition) is 2. The van der Waals surface area contributed by atoms with Gasteiger partial charge in [-0.05, 0) is 23.6 Å². The quantitative estimate of drug-likeness (QED) is 0.382. The fraction of sp³-hybridized carbons (Fsp3) is 0.188. The lowest BCUT2D eigenvalue weighted by Gasteiger charge is -2.06. The lowest BCUT2D eigenvalue weighted by atomic mass is 10.1. The summed E-state index contributed by atoms with van der Waals surface area (Å²) in [6.07, 6.45) is 0. The fourth-order valence-corrected chi connectivity index (χ4v) is 2.95. The van der Waals surface area contributed by atoms with Gasteiger partial charge < -0.3 is 10.9 Å². The zero-order valence-corrected chi connectivity index (χ0v) is 12.2. The molecular weight excluding hydrogens is 268 g/mol. The molecule has 0 heterocycles. The maximum Gasteiger partial charge on any atom is 0.170 e. The molecule has 3 N–H and O–H groups in total. The van der Waals surface area contributed by atoms with Crippen LogP contribution in [0, 0.1) is 6.92 Å². The Balaban J connectivity index is 1.90. The number of thioether (sulfide) groups is 1. The topological polar surface area (TPSA) is 58.6 Å². The molecule has 0 aromatic heterocycles. The van der Waals surface area contributed by atoms with Crippen LogP contribution in [0.15, 0.2) is 53.7 Å². The third-order valence-corrected chi connectivity index (χ3v) is 4.20. The van der Waals surface area contributed by atoms with Gasteiger partial charge in [0.2, 0.25) is 0 Å². The van der Waals surface area contributed by atoms with Crippen LogP contribution in [0.1, 0.15) is 22.3 Å². The summed E-state index contributed by atoms with van der Waals surface area (Å²) in [5, 5.41) is 11.6. The third kappa shape index (κ3) is 3.78. The monoisotopic (exact) mass is 286 g/mol. The average molecular weight is 286 g/mol. The Hall–Kier alpha value is -1.94. The van der Waals surface area contributed by atoms with Crippen LogP contribution >= 0.6 is 11.8 Å². The summed E-state index contributed by atoms with van der Waals surface area (Å²) in [6.45, 7) is 2.14. The number of rotatable bonds is 5. The van der Waals surface area contributed by atoms with Gasteiger partial charge >= 0.3 is 0 Å². The molecule has 0 fully saturated rings. The normalized spacial score (nSPS) is 11.6. The van der Waals surface area contributed by atoms with Crippen molar-refractivity contribution in [1.29, 1.82) is 0 Å². The average Bonchev–Trinajstić information content (AvgIpc) is 2.49. The lowest BCUT2D eigenvalue weighted by Crippen LogP contribution is -2.12. The van der Waals surface area contributed by atoms with Crippen LogP contribution < -0.4 is 5.73 Å². The highest BCUT2D eigenvalue weighted by Gasteiger charge is 2.01. The largest absolute Gasteiger partial charge is 0.409 e. The molecule has 4 heteroatoms. The molecule has 0 unspecified atom stereocenters. The first kappa shape index (κ1) is 14.5. The molecule has 3 nitrogen and oxygen atoms in total. The van der Waals surface area contributed by atoms with E-state index in [9.17, 15) is 0 Å². The number of hydrogen-bond acceptors (Lipinski definition) is 3. The van der Waals surface area contributed by atoms with Gasteiger partial charge in [-0.25, -0.2) is 0 Å². The maximum absolute atomic E-state index is 8.61. The van der Waals surface area contributed by atoms with Crippen LogP contribution in [0.2, 0.25) is 0 Å². The van der Waals surface area contributed by atoms with Crippen molar-refractivity contribution in [3.8, 4) is 0 Å². The van der Waals surface area contributed by atoms with Crippen LogP contribution in [0.3, 0.4) is 0 Å². The van der Waals surface area contributed by atoms with E-state index in [4.69, 9.17) is 10.9 Å². The minimum atomic E-state index is 0.143. The number of amidine groups is 1. The van der Waals surface area contributed by atoms with Crippen molar-refractivity contribution in [2.24, 2.45) is 10.9 Å². The van der Waals surface area contributed by atoms with Gasteiger partial charge in [-0.2, -0.15) is 11.8 Å². The van der Waals surface area contributed by atoms with Gasteiger partial charge in [0.15, 0.2) is 5.84 Å². The second kappa shape index (κ2) is 7.01. The first-order chi connectivity index (χ1) is 9.70. The van der Waals surface area contributed by atoms with Gasteiger partial charge in [-0.3, -0.25) is 0 Å². The molecule has 20 heavy (non-hydrogen) atoms. The minimum Gasteiger partial charge on any atom is -0.409 e. The Morgan fingerprint density at radius 2 is 1.80 bits per heavy atom. The highest BCUT2D eigenvalue weighted by atomic mass is 32.2.